The van der Waals surface area contributed by atoms with Crippen molar-refractivity contribution in [1.29, 1.82) is 0 Å². The van der Waals surface area contributed by atoms with Crippen molar-refractivity contribution in [2.75, 3.05) is 0 Å². The molecule has 0 unspecified atom stereocenters. The number of fused-ring (bicyclic) bond motifs is 2. The summed E-state index contributed by atoms with van der Waals surface area (Å²) in [5.41, 5.74) is 3.14. The number of ketones is 2. The fraction of sp³-hybridized carbons (Fsp3) is 0.0909. The van der Waals surface area contributed by atoms with Gasteiger partial charge in [-0.1, -0.05) is 36.4 Å². The van der Waals surface area contributed by atoms with E-state index in [0.29, 0.717) is 11.1 Å². The number of carbonyl (C=O) groups excluding carboxylic acids is 4. The second-order valence-corrected chi connectivity index (χ2v) is 6.49. The van der Waals surface area contributed by atoms with E-state index in [2.05, 4.69) is 9.97 Å². The third-order valence-electron chi connectivity index (χ3n) is 4.51. The van der Waals surface area contributed by atoms with E-state index < -0.39 is 23.5 Å². The van der Waals surface area contributed by atoms with Crippen molar-refractivity contribution >= 4 is 94.2 Å². The molecule has 0 spiro atoms. The third kappa shape index (κ3) is 6.19. The molecule has 0 fully saturated rings. The van der Waals surface area contributed by atoms with E-state index in [-0.39, 0.29) is 61.7 Å². The smallest absolute Gasteiger partial charge is 0.542 e. The Bertz CT molecular complexity index is 1160. The Hall–Kier alpha value is -2.63. The van der Waals surface area contributed by atoms with E-state index >= 15 is 0 Å². The topological polar surface area (TPSA) is 146 Å². The van der Waals surface area contributed by atoms with Crippen LogP contribution in [0.15, 0.2) is 60.9 Å². The quantitative estimate of drug-likeness (QED) is 0.253. The zero-order valence-corrected chi connectivity index (χ0v) is 20.8. The molecular formula is C22H16BaN2O6. The number of nitrogens with one attached hydrogen (secondary N) is 2. The van der Waals surface area contributed by atoms with Crippen LogP contribution in [0.5, 0.6) is 0 Å². The fourth-order valence-corrected chi connectivity index (χ4v) is 3.05. The molecule has 2 heterocycles. The number of aliphatic carboxylic acids is 2. The van der Waals surface area contributed by atoms with Crippen molar-refractivity contribution < 1.29 is 29.4 Å². The van der Waals surface area contributed by atoms with Gasteiger partial charge in [-0.2, -0.15) is 0 Å². The Balaban J connectivity index is 0.000000213. The number of carboxylic acids is 2. The number of aromatic amines is 2. The molecule has 0 aliphatic heterocycles. The van der Waals surface area contributed by atoms with Crippen molar-refractivity contribution in [3.05, 3.63) is 72.1 Å². The first-order valence-electron chi connectivity index (χ1n) is 8.95. The molecule has 0 aliphatic carbocycles. The van der Waals surface area contributed by atoms with Gasteiger partial charge in [-0.15, -0.1) is 0 Å². The number of aromatic nitrogens is 2. The molecule has 9 heteroatoms. The van der Waals surface area contributed by atoms with Gasteiger partial charge >= 0.3 is 48.9 Å². The SMILES string of the molecule is O=C([O-])C(=O)Cc1c[nH]c2ccccc12.O=C([O-])C(=O)Cc1c[nH]c2ccccc12.[Ba+2]. The van der Waals surface area contributed by atoms with Crippen LogP contribution in [0, 0.1) is 0 Å². The second kappa shape index (κ2) is 11.1. The first kappa shape index (κ1) is 24.6. The zero-order chi connectivity index (χ0) is 21.7. The molecule has 2 aromatic heterocycles. The molecule has 0 saturated heterocycles. The summed E-state index contributed by atoms with van der Waals surface area (Å²) in [5.74, 6) is -5.08. The van der Waals surface area contributed by atoms with E-state index in [1.54, 1.807) is 12.4 Å². The Labute approximate surface area is 216 Å². The number of para-hydroxylation sites is 2. The van der Waals surface area contributed by atoms with Gasteiger partial charge in [0.1, 0.15) is 11.9 Å². The summed E-state index contributed by atoms with van der Waals surface area (Å²) >= 11 is 0. The van der Waals surface area contributed by atoms with E-state index in [9.17, 15) is 29.4 Å². The van der Waals surface area contributed by atoms with E-state index in [1.165, 1.54) is 0 Å². The minimum atomic E-state index is -1.64. The van der Waals surface area contributed by atoms with Crippen LogP contribution in [0.25, 0.3) is 21.8 Å². The minimum absolute atomic E-state index is 0. The molecule has 0 amide bonds. The van der Waals surface area contributed by atoms with Gasteiger partial charge in [-0.3, -0.25) is 9.59 Å². The van der Waals surface area contributed by atoms with Crippen LogP contribution in [-0.4, -0.2) is 82.4 Å². The van der Waals surface area contributed by atoms with Crippen LogP contribution >= 0.6 is 0 Å². The summed E-state index contributed by atoms with van der Waals surface area (Å²) in [4.78, 5) is 48.5. The number of rotatable bonds is 6. The largest absolute Gasteiger partial charge is 2.00 e. The monoisotopic (exact) mass is 542 g/mol. The van der Waals surface area contributed by atoms with Crippen LogP contribution in [0.3, 0.4) is 0 Å². The van der Waals surface area contributed by atoms with Crippen LogP contribution in [0.4, 0.5) is 0 Å². The molecule has 0 aliphatic rings. The molecule has 4 rings (SSSR count). The molecule has 0 radical (unpaired) electrons. The van der Waals surface area contributed by atoms with Gasteiger partial charge in [-0.25, -0.2) is 0 Å². The van der Waals surface area contributed by atoms with Gasteiger partial charge in [0.05, 0.1) is 0 Å². The van der Waals surface area contributed by atoms with Gasteiger partial charge in [0.15, 0.2) is 11.6 Å². The van der Waals surface area contributed by atoms with Crippen LogP contribution in [0.2, 0.25) is 0 Å². The summed E-state index contributed by atoms with van der Waals surface area (Å²) in [5, 5.41) is 22.3. The summed E-state index contributed by atoms with van der Waals surface area (Å²) < 4.78 is 0. The summed E-state index contributed by atoms with van der Waals surface area (Å²) in [7, 11) is 0. The predicted octanol–water partition coefficient (Wildman–Crippen LogP) is -0.322. The van der Waals surface area contributed by atoms with Crippen molar-refractivity contribution in [2.24, 2.45) is 0 Å². The third-order valence-corrected chi connectivity index (χ3v) is 4.51. The van der Waals surface area contributed by atoms with Crippen LogP contribution in [-0.2, 0) is 32.0 Å². The van der Waals surface area contributed by atoms with Gasteiger partial charge < -0.3 is 29.8 Å². The number of carbonyl (C=O) groups is 4. The van der Waals surface area contributed by atoms with Crippen molar-refractivity contribution in [3.8, 4) is 0 Å². The van der Waals surface area contributed by atoms with Crippen molar-refractivity contribution in [1.82, 2.24) is 9.97 Å². The number of H-pyrrole nitrogens is 2. The van der Waals surface area contributed by atoms with Gasteiger partial charge in [-0.05, 0) is 23.3 Å². The standard InChI is InChI=1S/2C11H9NO3.Ba/c2*13-10(11(14)15)5-7-6-12-9-4-2-1-3-8(7)9;/h2*1-4,6,12H,5H2,(H,14,15);/q;;+2/p-2. The molecule has 0 bridgehead atoms. The number of carboxylic acid groups (broad SMARTS) is 2. The minimum Gasteiger partial charge on any atom is -0.542 e. The average molecular weight is 542 g/mol. The van der Waals surface area contributed by atoms with E-state index in [0.717, 1.165) is 21.8 Å². The van der Waals surface area contributed by atoms with Crippen LogP contribution < -0.4 is 10.2 Å². The summed E-state index contributed by atoms with van der Waals surface area (Å²) in [6.07, 6.45) is 3.02. The normalized spacial score (nSPS) is 10.1. The Morgan fingerprint density at radius 1 is 0.645 bits per heavy atom. The zero-order valence-electron chi connectivity index (χ0n) is 16.3. The molecule has 2 aromatic carbocycles. The Morgan fingerprint density at radius 2 is 1.00 bits per heavy atom. The van der Waals surface area contributed by atoms with E-state index in [4.69, 9.17) is 0 Å². The molecule has 31 heavy (non-hydrogen) atoms. The Kier molecular flexibility index (Phi) is 8.84. The van der Waals surface area contributed by atoms with E-state index in [1.807, 2.05) is 48.5 Å². The van der Waals surface area contributed by atoms with Gasteiger partial charge in [0.2, 0.25) is 0 Å². The first-order chi connectivity index (χ1) is 14.4. The maximum absolute atomic E-state index is 11.0. The first-order valence-corrected chi connectivity index (χ1v) is 8.95. The maximum atomic E-state index is 11.0. The molecule has 8 nitrogen and oxygen atoms in total. The van der Waals surface area contributed by atoms with Crippen molar-refractivity contribution in [3.63, 3.8) is 0 Å². The van der Waals surface area contributed by atoms with Gasteiger partial charge in [0.25, 0.3) is 0 Å². The Morgan fingerprint density at radius 3 is 1.35 bits per heavy atom. The summed E-state index contributed by atoms with van der Waals surface area (Å²) in [6.45, 7) is 0. The number of hydrogen-bond acceptors (Lipinski definition) is 6. The average Bonchev–Trinajstić information content (AvgIpc) is 3.33. The summed E-state index contributed by atoms with van der Waals surface area (Å²) in [6, 6.07) is 14.8. The molecule has 2 N–H and O–H groups in total. The molecule has 4 aromatic rings. The number of Topliss-reactive ketones (excluding diaryl/α,β-unsaturated/α-hetero) is 2. The second-order valence-electron chi connectivity index (χ2n) is 6.49. The predicted molar refractivity (Wildman–Crippen MR) is 110 cm³/mol. The molecule has 152 valence electrons. The number of hydrogen-bond donors (Lipinski definition) is 2. The number of benzene rings is 2. The molecule has 0 saturated carbocycles. The van der Waals surface area contributed by atoms with Crippen molar-refractivity contribution in [2.45, 2.75) is 12.8 Å². The van der Waals surface area contributed by atoms with Crippen LogP contribution in [0.1, 0.15) is 11.1 Å². The maximum Gasteiger partial charge on any atom is 2.00 e. The van der Waals surface area contributed by atoms with Gasteiger partial charge in [0, 0.05) is 47.0 Å². The molecular weight excluding hydrogens is 526 g/mol. The molecule has 0 atom stereocenters. The fourth-order valence-electron chi connectivity index (χ4n) is 3.05.